The minimum Gasteiger partial charge on any atom is -0.465 e. The Morgan fingerprint density at radius 1 is 1.13 bits per heavy atom. The van der Waals surface area contributed by atoms with Gasteiger partial charge >= 0.3 is 5.97 Å². The average Bonchev–Trinajstić information content (AvgIpc) is 3.37. The van der Waals surface area contributed by atoms with Crippen LogP contribution in [0.3, 0.4) is 0 Å². The molecule has 0 N–H and O–H groups in total. The van der Waals surface area contributed by atoms with E-state index in [0.29, 0.717) is 36.3 Å². The molecule has 6 fully saturated rings. The first-order valence-corrected chi connectivity index (χ1v) is 17.3. The van der Waals surface area contributed by atoms with Crippen LogP contribution in [0.15, 0.2) is 30.7 Å². The summed E-state index contributed by atoms with van der Waals surface area (Å²) in [5, 5.41) is 0. The largest absolute Gasteiger partial charge is 0.465 e. The Labute approximate surface area is 271 Å². The molecule has 4 atom stereocenters. The number of hydrogen-bond acceptors (Lipinski definition) is 8. The molecule has 2 bridgehead atoms. The molecule has 3 aliphatic carbocycles. The number of ether oxygens (including phenoxy) is 2. The van der Waals surface area contributed by atoms with Crippen molar-refractivity contribution >= 4 is 17.7 Å². The van der Waals surface area contributed by atoms with Crippen molar-refractivity contribution in [1.82, 2.24) is 19.8 Å². The lowest BCUT2D eigenvalue weighted by Crippen LogP contribution is -2.61. The summed E-state index contributed by atoms with van der Waals surface area (Å²) in [6.45, 7) is 13.7. The average molecular weight is 634 g/mol. The Bertz CT molecular complexity index is 1460. The molecule has 2 unspecified atom stereocenters. The Balaban J connectivity index is 0.970. The Kier molecular flexibility index (Phi) is 8.22. The Morgan fingerprint density at radius 2 is 1.89 bits per heavy atom. The molecule has 1 amide bonds. The van der Waals surface area contributed by atoms with Gasteiger partial charge in [-0.05, 0) is 115 Å². The van der Waals surface area contributed by atoms with E-state index in [2.05, 4.69) is 19.8 Å². The number of halogens is 1. The van der Waals surface area contributed by atoms with Crippen LogP contribution in [0.1, 0.15) is 83.0 Å². The molecule has 1 aromatic heterocycles. The van der Waals surface area contributed by atoms with E-state index >= 15 is 0 Å². The number of fused-ring (bicyclic) bond motifs is 2. The van der Waals surface area contributed by atoms with Gasteiger partial charge in [0.2, 0.25) is 0 Å². The first-order valence-electron chi connectivity index (χ1n) is 17.3. The van der Waals surface area contributed by atoms with Crippen LogP contribution in [0.2, 0.25) is 0 Å². The van der Waals surface area contributed by atoms with E-state index in [9.17, 15) is 14.0 Å². The lowest BCUT2D eigenvalue weighted by Gasteiger charge is -2.56. The predicted molar refractivity (Wildman–Crippen MR) is 172 cm³/mol. The number of carbonyl (C=O) groups is 2. The standard InChI is InChI=1S/C36H48FN5O4/c1-23(2)42(24(3)4)34(44)29-14-28(37)7-8-30(29)46-31-17-38-22-39-33(31)41-19-35(20-41)9-11-40(12-10-35)18-26-13-27-6-5-25(26)15-36(27)16-32(43)45-21-36/h7-8,14,17,22-27H,5-6,9-13,15-16,18-21H2,1-4H3/t25-,26+,27?,36?/m1/s1. The molecule has 0 radical (unpaired) electrons. The van der Waals surface area contributed by atoms with Crippen LogP contribution < -0.4 is 9.64 Å². The summed E-state index contributed by atoms with van der Waals surface area (Å²) in [6, 6.07) is 3.99. The molecule has 6 aliphatic rings. The predicted octanol–water partition coefficient (Wildman–Crippen LogP) is 5.94. The molecular formula is C36H48FN5O4. The molecule has 248 valence electrons. The SMILES string of the molecule is CC(C)N(C(=O)c1cc(F)ccc1Oc1cncnc1N1CC2(CCN(C[C@@H]3CC4CC[C@@H]3CC43COC(=O)C3)CC2)C1)C(C)C. The van der Waals surface area contributed by atoms with Crippen molar-refractivity contribution in [3.05, 3.63) is 42.1 Å². The van der Waals surface area contributed by atoms with E-state index in [1.165, 1.54) is 56.8 Å². The maximum atomic E-state index is 14.4. The number of amides is 1. The maximum Gasteiger partial charge on any atom is 0.306 e. The number of likely N-dealkylation sites (tertiary alicyclic amines) is 1. The minimum atomic E-state index is -0.483. The molecule has 8 rings (SSSR count). The van der Waals surface area contributed by atoms with Crippen molar-refractivity contribution in [1.29, 1.82) is 0 Å². The van der Waals surface area contributed by atoms with Crippen molar-refractivity contribution in [2.75, 3.05) is 44.2 Å². The number of carbonyl (C=O) groups excluding carboxylic acids is 2. The smallest absolute Gasteiger partial charge is 0.306 e. The minimum absolute atomic E-state index is 0.00976. The summed E-state index contributed by atoms with van der Waals surface area (Å²) >= 11 is 0. The van der Waals surface area contributed by atoms with Gasteiger partial charge in [-0.15, -0.1) is 0 Å². The van der Waals surface area contributed by atoms with Gasteiger partial charge in [-0.3, -0.25) is 9.59 Å². The van der Waals surface area contributed by atoms with Crippen LogP contribution >= 0.6 is 0 Å². The monoisotopic (exact) mass is 633 g/mol. The summed E-state index contributed by atoms with van der Waals surface area (Å²) in [5.41, 5.74) is 0.593. The highest BCUT2D eigenvalue weighted by Gasteiger charge is 2.55. The van der Waals surface area contributed by atoms with Gasteiger partial charge in [-0.1, -0.05) is 0 Å². The number of piperidine rings is 1. The number of anilines is 1. The Hall–Kier alpha value is -3.27. The molecule has 4 heterocycles. The van der Waals surface area contributed by atoms with Crippen molar-refractivity contribution < 1.29 is 23.5 Å². The quantitative estimate of drug-likeness (QED) is 0.330. The second-order valence-corrected chi connectivity index (χ2v) is 15.4. The van der Waals surface area contributed by atoms with Gasteiger partial charge in [-0.25, -0.2) is 14.4 Å². The summed E-state index contributed by atoms with van der Waals surface area (Å²) in [6.07, 6.45) is 11.1. The molecule has 1 aromatic carbocycles. The van der Waals surface area contributed by atoms with E-state index in [0.717, 1.165) is 50.9 Å². The van der Waals surface area contributed by atoms with Gasteiger partial charge in [0.05, 0.1) is 24.8 Å². The van der Waals surface area contributed by atoms with Gasteiger partial charge in [0.25, 0.3) is 5.91 Å². The zero-order valence-electron chi connectivity index (χ0n) is 27.7. The molecule has 10 heteroatoms. The number of esters is 1. The van der Waals surface area contributed by atoms with E-state index < -0.39 is 5.82 Å². The van der Waals surface area contributed by atoms with Gasteiger partial charge in [-0.2, -0.15) is 0 Å². The lowest BCUT2D eigenvalue weighted by atomic mass is 9.52. The third-order valence-electron chi connectivity index (χ3n) is 11.9. The van der Waals surface area contributed by atoms with Crippen LogP contribution in [0.5, 0.6) is 11.5 Å². The summed E-state index contributed by atoms with van der Waals surface area (Å²) < 4.78 is 26.1. The number of rotatable bonds is 8. The highest BCUT2D eigenvalue weighted by Crippen LogP contribution is 2.58. The number of cyclic esters (lactones) is 1. The van der Waals surface area contributed by atoms with E-state index in [1.807, 2.05) is 27.7 Å². The zero-order valence-corrected chi connectivity index (χ0v) is 27.7. The second-order valence-electron chi connectivity index (χ2n) is 15.4. The molecule has 2 aromatic rings. The topological polar surface area (TPSA) is 88.1 Å². The fraction of sp³-hybridized carbons (Fsp3) is 0.667. The van der Waals surface area contributed by atoms with Crippen LogP contribution in [-0.4, -0.2) is 83.1 Å². The highest BCUT2D eigenvalue weighted by molar-refractivity contribution is 5.97. The van der Waals surface area contributed by atoms with Crippen LogP contribution in [-0.2, 0) is 9.53 Å². The van der Waals surface area contributed by atoms with E-state index in [-0.39, 0.29) is 40.4 Å². The van der Waals surface area contributed by atoms with E-state index in [1.54, 1.807) is 11.1 Å². The van der Waals surface area contributed by atoms with Crippen molar-refractivity contribution in [3.63, 3.8) is 0 Å². The van der Waals surface area contributed by atoms with Gasteiger partial charge in [0, 0.05) is 42.5 Å². The summed E-state index contributed by atoms with van der Waals surface area (Å²) in [5.74, 6) is 2.84. The molecule has 3 aliphatic heterocycles. The molecule has 2 spiro atoms. The van der Waals surface area contributed by atoms with Crippen molar-refractivity contribution in [3.8, 4) is 11.5 Å². The maximum absolute atomic E-state index is 14.4. The fourth-order valence-electron chi connectivity index (χ4n) is 9.54. The molecule has 3 saturated heterocycles. The summed E-state index contributed by atoms with van der Waals surface area (Å²) in [4.78, 5) is 41.0. The molecule has 46 heavy (non-hydrogen) atoms. The normalized spacial score (nSPS) is 28.6. The van der Waals surface area contributed by atoms with Crippen LogP contribution in [0.4, 0.5) is 10.2 Å². The number of aromatic nitrogens is 2. The Morgan fingerprint density at radius 3 is 2.54 bits per heavy atom. The second kappa shape index (κ2) is 12.1. The molecule has 3 saturated carbocycles. The van der Waals surface area contributed by atoms with Crippen molar-refractivity contribution in [2.45, 2.75) is 84.7 Å². The van der Waals surface area contributed by atoms with Gasteiger partial charge < -0.3 is 24.2 Å². The summed E-state index contributed by atoms with van der Waals surface area (Å²) in [7, 11) is 0. The number of hydrogen-bond donors (Lipinski definition) is 0. The number of nitrogens with zero attached hydrogens (tertiary/aromatic N) is 5. The van der Waals surface area contributed by atoms with Crippen LogP contribution in [0, 0.1) is 34.4 Å². The fourth-order valence-corrected chi connectivity index (χ4v) is 9.54. The first kappa shape index (κ1) is 31.3. The van der Waals surface area contributed by atoms with Crippen LogP contribution in [0.25, 0.3) is 0 Å². The van der Waals surface area contributed by atoms with Gasteiger partial charge in [0.1, 0.15) is 17.9 Å². The highest BCUT2D eigenvalue weighted by atomic mass is 19.1. The number of benzene rings is 1. The zero-order chi connectivity index (χ0) is 32.2. The van der Waals surface area contributed by atoms with E-state index in [4.69, 9.17) is 9.47 Å². The first-order chi connectivity index (χ1) is 22.0. The third-order valence-corrected chi connectivity index (χ3v) is 11.9. The van der Waals surface area contributed by atoms with Crippen molar-refractivity contribution in [2.24, 2.45) is 28.6 Å². The molecule has 9 nitrogen and oxygen atoms in total. The van der Waals surface area contributed by atoms with Gasteiger partial charge in [0.15, 0.2) is 11.6 Å². The molecular weight excluding hydrogens is 585 g/mol. The third kappa shape index (κ3) is 5.75. The lowest BCUT2D eigenvalue weighted by molar-refractivity contribution is -0.137.